The molecule has 1 aliphatic heterocycles. The van der Waals surface area contributed by atoms with E-state index in [0.717, 1.165) is 25.9 Å². The van der Waals surface area contributed by atoms with Crippen molar-refractivity contribution in [1.82, 2.24) is 4.90 Å². The van der Waals surface area contributed by atoms with Crippen LogP contribution in [-0.2, 0) is 4.79 Å². The first-order valence-electron chi connectivity index (χ1n) is 6.30. The molecule has 1 heterocycles. The van der Waals surface area contributed by atoms with Crippen molar-refractivity contribution < 1.29 is 9.72 Å². The largest absolute Gasteiger partial charge is 0.326 e. The highest BCUT2D eigenvalue weighted by Crippen LogP contribution is 2.20. The number of amides is 1. The Morgan fingerprint density at radius 1 is 1.53 bits per heavy atom. The van der Waals surface area contributed by atoms with Gasteiger partial charge in [-0.15, -0.1) is 0 Å². The first-order chi connectivity index (χ1) is 9.06. The van der Waals surface area contributed by atoms with Crippen LogP contribution in [0.15, 0.2) is 24.3 Å². The molecule has 0 unspecified atom stereocenters. The number of likely N-dealkylation sites (tertiary alicyclic amines) is 1. The minimum Gasteiger partial charge on any atom is -0.326 e. The number of carbonyl (C=O) groups is 1. The molecule has 1 aromatic carbocycles. The van der Waals surface area contributed by atoms with Gasteiger partial charge in [-0.2, -0.15) is 0 Å². The number of nitrogens with one attached hydrogen (secondary N) is 1. The summed E-state index contributed by atoms with van der Waals surface area (Å²) in [5.74, 6) is -0.106. The molecule has 2 rings (SSSR count). The van der Waals surface area contributed by atoms with Crippen molar-refractivity contribution in [2.24, 2.45) is 5.92 Å². The summed E-state index contributed by atoms with van der Waals surface area (Å²) in [5, 5.41) is 13.4. The van der Waals surface area contributed by atoms with Crippen LogP contribution in [0, 0.1) is 16.0 Å². The van der Waals surface area contributed by atoms with E-state index in [1.807, 2.05) is 7.05 Å². The third-order valence-corrected chi connectivity index (χ3v) is 3.32. The molecule has 0 saturated carbocycles. The van der Waals surface area contributed by atoms with E-state index in [2.05, 4.69) is 10.2 Å². The van der Waals surface area contributed by atoms with Crippen molar-refractivity contribution in [2.75, 3.05) is 25.5 Å². The third kappa shape index (κ3) is 3.51. The summed E-state index contributed by atoms with van der Waals surface area (Å²) in [4.78, 5) is 24.4. The Hall–Kier alpha value is -1.95. The highest BCUT2D eigenvalue weighted by atomic mass is 16.6. The van der Waals surface area contributed by atoms with E-state index in [4.69, 9.17) is 0 Å². The Kier molecular flexibility index (Phi) is 4.11. The van der Waals surface area contributed by atoms with Crippen molar-refractivity contribution in [1.29, 1.82) is 0 Å². The predicted molar refractivity (Wildman–Crippen MR) is 71.9 cm³/mol. The van der Waals surface area contributed by atoms with E-state index in [1.54, 1.807) is 12.1 Å². The topological polar surface area (TPSA) is 75.5 Å². The molecule has 1 fully saturated rings. The zero-order chi connectivity index (χ0) is 13.8. The van der Waals surface area contributed by atoms with Gasteiger partial charge in [0.05, 0.1) is 10.8 Å². The van der Waals surface area contributed by atoms with Crippen molar-refractivity contribution in [3.63, 3.8) is 0 Å². The van der Waals surface area contributed by atoms with Gasteiger partial charge in [0.25, 0.3) is 5.69 Å². The molecule has 0 spiro atoms. The number of carbonyl (C=O) groups excluding carboxylic acids is 1. The van der Waals surface area contributed by atoms with Gasteiger partial charge in [0.2, 0.25) is 5.91 Å². The van der Waals surface area contributed by atoms with Crippen molar-refractivity contribution >= 4 is 17.3 Å². The molecule has 1 aliphatic rings. The van der Waals surface area contributed by atoms with Gasteiger partial charge in [-0.1, -0.05) is 6.07 Å². The number of nitro groups is 1. The van der Waals surface area contributed by atoms with Gasteiger partial charge in [0, 0.05) is 24.4 Å². The van der Waals surface area contributed by atoms with Gasteiger partial charge in [-0.05, 0) is 32.5 Å². The predicted octanol–water partition coefficient (Wildman–Crippen LogP) is 1.88. The fraction of sp³-hybridized carbons (Fsp3) is 0.462. The van der Waals surface area contributed by atoms with Gasteiger partial charge in [-0.25, -0.2) is 0 Å². The number of hydrogen-bond donors (Lipinski definition) is 1. The van der Waals surface area contributed by atoms with Crippen molar-refractivity contribution in [3.05, 3.63) is 34.4 Å². The van der Waals surface area contributed by atoms with Gasteiger partial charge in [0.1, 0.15) is 0 Å². The highest BCUT2D eigenvalue weighted by Gasteiger charge is 2.24. The molecule has 1 aromatic rings. The maximum atomic E-state index is 12.1. The number of rotatable bonds is 3. The fourth-order valence-electron chi connectivity index (χ4n) is 2.32. The molecule has 1 N–H and O–H groups in total. The standard InChI is InChI=1S/C13H17N3O3/c1-15-7-3-4-10(9-15)13(17)14-11-5-2-6-12(8-11)16(18)19/h2,5-6,8,10H,3-4,7,9H2,1H3,(H,14,17)/t10-/m1/s1. The Bertz CT molecular complexity index is 490. The monoisotopic (exact) mass is 263 g/mol. The van der Waals surface area contributed by atoms with Crippen LogP contribution in [0.25, 0.3) is 0 Å². The van der Waals surface area contributed by atoms with Crippen LogP contribution < -0.4 is 5.32 Å². The molecule has 0 bridgehead atoms. The van der Waals surface area contributed by atoms with E-state index in [-0.39, 0.29) is 17.5 Å². The second kappa shape index (κ2) is 5.79. The summed E-state index contributed by atoms with van der Waals surface area (Å²) in [6.07, 6.45) is 1.87. The van der Waals surface area contributed by atoms with E-state index in [1.165, 1.54) is 12.1 Å². The summed E-state index contributed by atoms with van der Waals surface area (Å²) in [6.45, 7) is 1.75. The summed E-state index contributed by atoms with van der Waals surface area (Å²) < 4.78 is 0. The van der Waals surface area contributed by atoms with Crippen LogP contribution in [0.1, 0.15) is 12.8 Å². The van der Waals surface area contributed by atoms with E-state index < -0.39 is 4.92 Å². The van der Waals surface area contributed by atoms with Crippen LogP contribution in [0.2, 0.25) is 0 Å². The fourth-order valence-corrected chi connectivity index (χ4v) is 2.32. The zero-order valence-electron chi connectivity index (χ0n) is 10.8. The molecule has 1 atom stereocenters. The summed E-state index contributed by atoms with van der Waals surface area (Å²) >= 11 is 0. The van der Waals surface area contributed by atoms with E-state index >= 15 is 0 Å². The van der Waals surface area contributed by atoms with Crippen LogP contribution in [0.3, 0.4) is 0 Å². The number of hydrogen-bond acceptors (Lipinski definition) is 4. The van der Waals surface area contributed by atoms with E-state index in [9.17, 15) is 14.9 Å². The van der Waals surface area contributed by atoms with Gasteiger partial charge >= 0.3 is 0 Å². The molecule has 0 radical (unpaired) electrons. The molecule has 1 amide bonds. The van der Waals surface area contributed by atoms with E-state index in [0.29, 0.717) is 5.69 Å². The molecule has 1 saturated heterocycles. The number of nitrogens with zero attached hydrogens (tertiary/aromatic N) is 2. The Balaban J connectivity index is 2.02. The summed E-state index contributed by atoms with van der Waals surface area (Å²) in [7, 11) is 1.99. The van der Waals surface area contributed by atoms with Gasteiger partial charge in [-0.3, -0.25) is 14.9 Å². The number of anilines is 1. The van der Waals surface area contributed by atoms with Gasteiger partial charge < -0.3 is 10.2 Å². The molecule has 0 aromatic heterocycles. The average molecular weight is 263 g/mol. The number of benzene rings is 1. The van der Waals surface area contributed by atoms with Crippen molar-refractivity contribution in [2.45, 2.75) is 12.8 Å². The lowest BCUT2D eigenvalue weighted by atomic mass is 9.97. The summed E-state index contributed by atoms with van der Waals surface area (Å²) in [6, 6.07) is 6.02. The van der Waals surface area contributed by atoms with Crippen LogP contribution in [0.5, 0.6) is 0 Å². The smallest absolute Gasteiger partial charge is 0.271 e. The normalized spacial score (nSPS) is 19.9. The Morgan fingerprint density at radius 3 is 3.00 bits per heavy atom. The third-order valence-electron chi connectivity index (χ3n) is 3.32. The summed E-state index contributed by atoms with van der Waals surface area (Å²) in [5.41, 5.74) is 0.464. The Morgan fingerprint density at radius 2 is 2.32 bits per heavy atom. The quantitative estimate of drug-likeness (QED) is 0.667. The van der Waals surface area contributed by atoms with Crippen molar-refractivity contribution in [3.8, 4) is 0 Å². The van der Waals surface area contributed by atoms with Gasteiger partial charge in [0.15, 0.2) is 0 Å². The molecule has 102 valence electrons. The number of nitro benzene ring substituents is 1. The highest BCUT2D eigenvalue weighted by molar-refractivity contribution is 5.93. The maximum absolute atomic E-state index is 12.1. The molecule has 19 heavy (non-hydrogen) atoms. The number of non-ortho nitro benzene ring substituents is 1. The molecule has 6 heteroatoms. The average Bonchev–Trinajstić information content (AvgIpc) is 2.39. The second-order valence-corrected chi connectivity index (χ2v) is 4.90. The molecular weight excluding hydrogens is 246 g/mol. The zero-order valence-corrected chi connectivity index (χ0v) is 10.8. The van der Waals surface area contributed by atoms with Crippen LogP contribution in [-0.4, -0.2) is 35.9 Å². The maximum Gasteiger partial charge on any atom is 0.271 e. The minimum atomic E-state index is -0.468. The SMILES string of the molecule is CN1CCC[C@@H](C(=O)Nc2cccc([N+](=O)[O-])c2)C1. The first-order valence-corrected chi connectivity index (χ1v) is 6.30. The lowest BCUT2D eigenvalue weighted by Gasteiger charge is -2.28. The Labute approximate surface area is 111 Å². The number of piperidine rings is 1. The molecule has 6 nitrogen and oxygen atoms in total. The van der Waals surface area contributed by atoms with Crippen LogP contribution >= 0.6 is 0 Å². The van der Waals surface area contributed by atoms with Crippen LogP contribution in [0.4, 0.5) is 11.4 Å². The molecule has 0 aliphatic carbocycles. The lowest BCUT2D eigenvalue weighted by molar-refractivity contribution is -0.384. The molecular formula is C13H17N3O3. The lowest BCUT2D eigenvalue weighted by Crippen LogP contribution is -2.38. The first kappa shape index (κ1) is 13.5. The minimum absolute atomic E-state index is 0.0152. The second-order valence-electron chi connectivity index (χ2n) is 4.90.